The lowest BCUT2D eigenvalue weighted by atomic mass is 10.1. The number of nitrogens with zero attached hydrogens (tertiary/aromatic N) is 4. The van der Waals surface area contributed by atoms with Crippen LogP contribution in [0.25, 0.3) is 10.9 Å². The van der Waals surface area contributed by atoms with Crippen molar-refractivity contribution in [3.8, 4) is 0 Å². The lowest BCUT2D eigenvalue weighted by molar-refractivity contribution is -0.121. The van der Waals surface area contributed by atoms with Gasteiger partial charge in [-0.1, -0.05) is 0 Å². The molecular formula is C25H28F2N6O2. The minimum Gasteiger partial charge on any atom is -0.378 e. The van der Waals surface area contributed by atoms with Gasteiger partial charge in [-0.05, 0) is 25.8 Å². The van der Waals surface area contributed by atoms with Crippen molar-refractivity contribution < 1.29 is 19.7 Å². The molecule has 0 radical (unpaired) electrons. The van der Waals surface area contributed by atoms with E-state index in [0.717, 1.165) is 31.3 Å². The van der Waals surface area contributed by atoms with Gasteiger partial charge in [0.05, 0.1) is 53.6 Å². The van der Waals surface area contributed by atoms with E-state index in [1.54, 1.807) is 12.4 Å². The third-order valence-corrected chi connectivity index (χ3v) is 6.59. The summed E-state index contributed by atoms with van der Waals surface area (Å²) in [6.45, 7) is 5.15. The predicted molar refractivity (Wildman–Crippen MR) is 131 cm³/mol. The Morgan fingerprint density at radius 3 is 2.83 bits per heavy atom. The second kappa shape index (κ2) is 9.61. The van der Waals surface area contributed by atoms with Crippen LogP contribution in [-0.4, -0.2) is 61.8 Å². The molecular weight excluding hydrogens is 454 g/mol. The van der Waals surface area contributed by atoms with Crippen LogP contribution in [0.3, 0.4) is 0 Å². The SMILES string of the molecule is [2H]CNC(=O)[C@@H]1CCCN1c1nc2cc(F)cc(F)c2c(Nc2cncc(N3CCOCC3)c2)c1C. The summed E-state index contributed by atoms with van der Waals surface area (Å²) in [5.41, 5.74) is 2.79. The number of hydrogen-bond donors (Lipinski definition) is 2. The van der Waals surface area contributed by atoms with Crippen LogP contribution in [0.1, 0.15) is 19.8 Å². The van der Waals surface area contributed by atoms with Crippen molar-refractivity contribution in [2.24, 2.45) is 0 Å². The van der Waals surface area contributed by atoms with Gasteiger partial charge in [0.1, 0.15) is 23.5 Å². The highest BCUT2D eigenvalue weighted by Gasteiger charge is 2.33. The molecule has 35 heavy (non-hydrogen) atoms. The molecule has 2 N–H and O–H groups in total. The molecule has 0 unspecified atom stereocenters. The highest BCUT2D eigenvalue weighted by Crippen LogP contribution is 2.39. The summed E-state index contributed by atoms with van der Waals surface area (Å²) in [4.78, 5) is 25.6. The van der Waals surface area contributed by atoms with Gasteiger partial charge < -0.3 is 25.2 Å². The van der Waals surface area contributed by atoms with Gasteiger partial charge in [0.25, 0.3) is 0 Å². The number of rotatable bonds is 5. The van der Waals surface area contributed by atoms with Gasteiger partial charge in [-0.2, -0.15) is 0 Å². The maximum absolute atomic E-state index is 15.1. The number of aromatic nitrogens is 2. The lowest BCUT2D eigenvalue weighted by Gasteiger charge is -2.29. The van der Waals surface area contributed by atoms with Gasteiger partial charge in [-0.15, -0.1) is 0 Å². The zero-order chi connectivity index (χ0) is 25.2. The molecule has 8 nitrogen and oxygen atoms in total. The Balaban J connectivity index is 1.59. The van der Waals surface area contributed by atoms with Crippen molar-refractivity contribution in [2.45, 2.75) is 25.8 Å². The number of benzene rings is 1. The molecule has 2 fully saturated rings. The summed E-state index contributed by atoms with van der Waals surface area (Å²) >= 11 is 0. The zero-order valence-corrected chi connectivity index (χ0v) is 19.5. The van der Waals surface area contributed by atoms with E-state index in [2.05, 4.69) is 25.5 Å². The first-order valence-corrected chi connectivity index (χ1v) is 11.6. The van der Waals surface area contributed by atoms with Gasteiger partial charge in [0.15, 0.2) is 0 Å². The Hall–Kier alpha value is -3.53. The minimum atomic E-state index is -0.728. The Morgan fingerprint density at radius 1 is 1.20 bits per heavy atom. The topological polar surface area (TPSA) is 82.6 Å². The van der Waals surface area contributed by atoms with Crippen molar-refractivity contribution >= 4 is 39.7 Å². The van der Waals surface area contributed by atoms with Crippen LogP contribution in [0.4, 0.5) is 31.7 Å². The Kier molecular flexibility index (Phi) is 6.03. The smallest absolute Gasteiger partial charge is 0.242 e. The minimum absolute atomic E-state index is 0.152. The van der Waals surface area contributed by atoms with E-state index in [9.17, 15) is 9.18 Å². The molecule has 184 valence electrons. The second-order valence-corrected chi connectivity index (χ2v) is 8.77. The van der Waals surface area contributed by atoms with E-state index in [1.165, 1.54) is 6.07 Å². The molecule has 10 heteroatoms. The molecule has 2 aliphatic rings. The fourth-order valence-corrected chi connectivity index (χ4v) is 4.87. The van der Waals surface area contributed by atoms with Crippen molar-refractivity contribution in [3.63, 3.8) is 0 Å². The molecule has 5 rings (SSSR count). The number of carbonyl (C=O) groups excluding carboxylic acids is 1. The van der Waals surface area contributed by atoms with Gasteiger partial charge in [0.2, 0.25) is 5.91 Å². The average Bonchev–Trinajstić information content (AvgIpc) is 3.36. The number of pyridine rings is 2. The van der Waals surface area contributed by atoms with Crippen LogP contribution in [0.5, 0.6) is 0 Å². The molecule has 2 aromatic heterocycles. The van der Waals surface area contributed by atoms with Crippen molar-refractivity contribution in [3.05, 3.63) is 47.8 Å². The van der Waals surface area contributed by atoms with Crippen LogP contribution in [0.2, 0.25) is 0 Å². The molecule has 0 saturated carbocycles. The standard InChI is InChI=1S/C25H28F2N6O2/c1-15-23(30-17-12-18(14-29-13-17)32-6-8-35-9-7-32)22-19(27)10-16(26)11-20(22)31-24(15)33-5-3-4-21(33)25(34)28-2/h10-14,21H,3-9H2,1-2H3,(H,28,34)(H,30,31)/t21-/m0/s1/i2D. The summed E-state index contributed by atoms with van der Waals surface area (Å²) in [7, 11) is -0.219. The molecule has 0 aliphatic carbocycles. The quantitative estimate of drug-likeness (QED) is 0.575. The molecule has 1 atom stereocenters. The fraction of sp³-hybridized carbons (Fsp3) is 0.400. The average molecular weight is 484 g/mol. The summed E-state index contributed by atoms with van der Waals surface area (Å²) in [6.07, 6.45) is 4.80. The first-order chi connectivity index (χ1) is 17.5. The molecule has 2 saturated heterocycles. The first kappa shape index (κ1) is 22.0. The highest BCUT2D eigenvalue weighted by molar-refractivity contribution is 5.98. The Bertz CT molecular complexity index is 1290. The molecule has 4 heterocycles. The van der Waals surface area contributed by atoms with Crippen LogP contribution in [0.15, 0.2) is 30.6 Å². The van der Waals surface area contributed by atoms with Crippen molar-refractivity contribution in [1.82, 2.24) is 15.3 Å². The van der Waals surface area contributed by atoms with Crippen LogP contribution in [0, 0.1) is 18.6 Å². The number of morpholine rings is 1. The summed E-state index contributed by atoms with van der Waals surface area (Å²) in [5.74, 6) is -1.23. The monoisotopic (exact) mass is 483 g/mol. The van der Waals surface area contributed by atoms with E-state index in [0.29, 0.717) is 48.9 Å². The second-order valence-electron chi connectivity index (χ2n) is 8.77. The first-order valence-electron chi connectivity index (χ1n) is 12.3. The normalized spacial score (nSPS) is 18.6. The fourth-order valence-electron chi connectivity index (χ4n) is 4.87. The maximum atomic E-state index is 15.1. The predicted octanol–water partition coefficient (Wildman–Crippen LogP) is 3.51. The molecule has 3 aromatic rings. The van der Waals surface area contributed by atoms with Gasteiger partial charge in [-0.25, -0.2) is 13.8 Å². The molecule has 2 aliphatic heterocycles. The number of fused-ring (bicyclic) bond motifs is 1. The number of anilines is 4. The van der Waals surface area contributed by atoms with E-state index in [4.69, 9.17) is 6.11 Å². The van der Waals surface area contributed by atoms with E-state index in [-0.39, 0.29) is 23.8 Å². The highest BCUT2D eigenvalue weighted by atomic mass is 19.1. The third kappa shape index (κ3) is 4.45. The summed E-state index contributed by atoms with van der Waals surface area (Å²) in [6, 6.07) is 3.48. The van der Waals surface area contributed by atoms with Gasteiger partial charge >= 0.3 is 0 Å². The lowest BCUT2D eigenvalue weighted by Crippen LogP contribution is -2.42. The van der Waals surface area contributed by atoms with Gasteiger partial charge in [0, 0.05) is 45.7 Å². The number of halogens is 2. The number of amides is 1. The van der Waals surface area contributed by atoms with Crippen LogP contribution in [-0.2, 0) is 9.53 Å². The number of likely N-dealkylation sites (N-methyl/N-ethyl adjacent to an activating group) is 1. The number of nitrogens with one attached hydrogen (secondary N) is 2. The largest absolute Gasteiger partial charge is 0.378 e. The third-order valence-electron chi connectivity index (χ3n) is 6.59. The van der Waals surface area contributed by atoms with Crippen molar-refractivity contribution in [2.75, 3.05) is 55.0 Å². The van der Waals surface area contributed by atoms with Crippen LogP contribution < -0.4 is 20.4 Å². The number of ether oxygens (including phenoxy) is 1. The van der Waals surface area contributed by atoms with E-state index in [1.807, 2.05) is 17.9 Å². The van der Waals surface area contributed by atoms with E-state index >= 15 is 4.39 Å². The van der Waals surface area contributed by atoms with Gasteiger partial charge in [-0.3, -0.25) is 9.78 Å². The summed E-state index contributed by atoms with van der Waals surface area (Å²) < 4.78 is 42.1. The maximum Gasteiger partial charge on any atom is 0.242 e. The molecule has 0 bridgehead atoms. The molecule has 1 aromatic carbocycles. The Labute approximate surface area is 203 Å². The van der Waals surface area contributed by atoms with Crippen molar-refractivity contribution in [1.29, 1.82) is 0 Å². The molecule has 0 spiro atoms. The molecule has 1 amide bonds. The zero-order valence-electron chi connectivity index (χ0n) is 20.5. The van der Waals surface area contributed by atoms with E-state index < -0.39 is 17.7 Å². The Morgan fingerprint density at radius 2 is 2.03 bits per heavy atom. The number of hydrogen-bond acceptors (Lipinski definition) is 7. The summed E-state index contributed by atoms with van der Waals surface area (Å²) in [5, 5.41) is 6.03. The van der Waals surface area contributed by atoms with Crippen LogP contribution >= 0.6 is 0 Å². The number of carbonyl (C=O) groups is 1.